The fourth-order valence-corrected chi connectivity index (χ4v) is 3.20. The number of pyridine rings is 1. The maximum atomic E-state index is 6.26. The van der Waals surface area contributed by atoms with Crippen molar-refractivity contribution in [3.05, 3.63) is 59.6 Å². The minimum atomic E-state index is 0.433. The number of anilines is 2. The molecule has 0 aliphatic rings. The monoisotopic (exact) mass is 378 g/mol. The van der Waals surface area contributed by atoms with Crippen molar-refractivity contribution in [3.8, 4) is 11.4 Å². The van der Waals surface area contributed by atoms with Crippen molar-refractivity contribution in [1.29, 1.82) is 0 Å². The van der Waals surface area contributed by atoms with Crippen molar-refractivity contribution < 1.29 is 0 Å². The summed E-state index contributed by atoms with van der Waals surface area (Å²) in [6, 6.07) is 10.2. The summed E-state index contributed by atoms with van der Waals surface area (Å²) >= 11 is 6.26. The highest BCUT2D eigenvalue weighted by Crippen LogP contribution is 2.28. The molecule has 7 heteroatoms. The Labute approximate surface area is 162 Å². The molecule has 0 aliphatic carbocycles. The van der Waals surface area contributed by atoms with Crippen molar-refractivity contribution in [1.82, 2.24) is 24.7 Å². The summed E-state index contributed by atoms with van der Waals surface area (Å²) < 4.78 is 1.58. The number of nitrogens with zero attached hydrogens (tertiary/aromatic N) is 5. The molecule has 1 N–H and O–H groups in total. The van der Waals surface area contributed by atoms with Crippen molar-refractivity contribution in [2.45, 2.75) is 19.8 Å². The van der Waals surface area contributed by atoms with Crippen LogP contribution in [0.3, 0.4) is 0 Å². The van der Waals surface area contributed by atoms with E-state index in [2.05, 4.69) is 63.5 Å². The molecule has 136 valence electrons. The second-order valence-corrected chi connectivity index (χ2v) is 7.01. The first-order chi connectivity index (χ1) is 13.0. The summed E-state index contributed by atoms with van der Waals surface area (Å²) in [5, 5.41) is 10.2. The molecular weight excluding hydrogens is 360 g/mol. The fourth-order valence-electron chi connectivity index (χ4n) is 3.03. The Morgan fingerprint density at radius 1 is 1.07 bits per heavy atom. The SMILES string of the molecule is CC(C)c1cccc2cnc(Nc3ccnc(-c4cnn(C)c4Cl)n3)cc12. The lowest BCUT2D eigenvalue weighted by molar-refractivity contribution is 0.769. The van der Waals surface area contributed by atoms with Crippen LogP contribution in [0.4, 0.5) is 11.6 Å². The largest absolute Gasteiger partial charge is 0.325 e. The summed E-state index contributed by atoms with van der Waals surface area (Å²) in [6.45, 7) is 4.38. The van der Waals surface area contributed by atoms with Crippen LogP contribution in [0.1, 0.15) is 25.3 Å². The van der Waals surface area contributed by atoms with Crippen LogP contribution in [-0.4, -0.2) is 24.7 Å². The Hall–Kier alpha value is -2.99. The Kier molecular flexibility index (Phi) is 4.49. The summed E-state index contributed by atoms with van der Waals surface area (Å²) in [5.74, 6) is 2.33. The lowest BCUT2D eigenvalue weighted by Crippen LogP contribution is -1.99. The van der Waals surface area contributed by atoms with Crippen molar-refractivity contribution >= 4 is 34.0 Å². The molecule has 0 spiro atoms. The van der Waals surface area contributed by atoms with Gasteiger partial charge in [-0.1, -0.05) is 43.6 Å². The second kappa shape index (κ2) is 6.96. The molecule has 4 aromatic rings. The van der Waals surface area contributed by atoms with Gasteiger partial charge in [-0.25, -0.2) is 15.0 Å². The van der Waals surface area contributed by atoms with Gasteiger partial charge in [-0.3, -0.25) is 4.68 Å². The molecule has 0 aliphatic heterocycles. The number of benzene rings is 1. The molecule has 6 nitrogen and oxygen atoms in total. The molecule has 0 fully saturated rings. The van der Waals surface area contributed by atoms with Crippen LogP contribution < -0.4 is 5.32 Å². The summed E-state index contributed by atoms with van der Waals surface area (Å²) in [4.78, 5) is 13.4. The highest BCUT2D eigenvalue weighted by molar-refractivity contribution is 6.32. The number of fused-ring (bicyclic) bond motifs is 1. The van der Waals surface area contributed by atoms with Gasteiger partial charge in [0.25, 0.3) is 0 Å². The average molecular weight is 379 g/mol. The number of rotatable bonds is 4. The number of nitrogens with one attached hydrogen (secondary N) is 1. The molecular formula is C20H19ClN6. The molecule has 1 aromatic carbocycles. The van der Waals surface area contributed by atoms with Crippen molar-refractivity contribution in [2.75, 3.05) is 5.32 Å². The van der Waals surface area contributed by atoms with E-state index >= 15 is 0 Å². The summed E-state index contributed by atoms with van der Waals surface area (Å²) in [7, 11) is 1.78. The number of aromatic nitrogens is 5. The molecule has 0 unspecified atom stereocenters. The Morgan fingerprint density at radius 3 is 2.67 bits per heavy atom. The zero-order valence-corrected chi connectivity index (χ0v) is 16.1. The van der Waals surface area contributed by atoms with Gasteiger partial charge in [0, 0.05) is 24.8 Å². The van der Waals surface area contributed by atoms with Gasteiger partial charge in [-0.15, -0.1) is 0 Å². The quantitative estimate of drug-likeness (QED) is 0.544. The van der Waals surface area contributed by atoms with E-state index in [0.29, 0.717) is 28.3 Å². The first-order valence-corrected chi connectivity index (χ1v) is 9.07. The zero-order chi connectivity index (χ0) is 19.0. The molecule has 0 bridgehead atoms. The van der Waals surface area contributed by atoms with Crippen LogP contribution in [0.5, 0.6) is 0 Å². The Bertz CT molecular complexity index is 1120. The van der Waals surface area contributed by atoms with Crippen LogP contribution in [0.2, 0.25) is 5.15 Å². The highest BCUT2D eigenvalue weighted by Gasteiger charge is 2.12. The van der Waals surface area contributed by atoms with E-state index in [-0.39, 0.29) is 0 Å². The summed E-state index contributed by atoms with van der Waals surface area (Å²) in [5.41, 5.74) is 1.99. The normalized spacial score (nSPS) is 11.3. The minimum absolute atomic E-state index is 0.433. The minimum Gasteiger partial charge on any atom is -0.325 e. The predicted octanol–water partition coefficient (Wildman–Crippen LogP) is 4.95. The molecule has 0 saturated carbocycles. The molecule has 0 radical (unpaired) electrons. The van der Waals surface area contributed by atoms with Gasteiger partial charge < -0.3 is 5.32 Å². The van der Waals surface area contributed by atoms with E-state index in [9.17, 15) is 0 Å². The first kappa shape index (κ1) is 17.4. The van der Waals surface area contributed by atoms with Gasteiger partial charge >= 0.3 is 0 Å². The summed E-state index contributed by atoms with van der Waals surface area (Å²) in [6.07, 6.45) is 5.23. The topological polar surface area (TPSA) is 68.5 Å². The standard InChI is InChI=1S/C20H19ClN6/c1-12(2)14-6-4-5-13-10-23-18(9-15(13)14)25-17-7-8-22-20(26-17)16-11-24-27(3)19(16)21/h4-12H,1-3H3,(H,22,23,25,26). The van der Waals surface area contributed by atoms with Gasteiger partial charge in [-0.05, 0) is 29.0 Å². The zero-order valence-electron chi connectivity index (χ0n) is 15.3. The van der Waals surface area contributed by atoms with Crippen LogP contribution >= 0.6 is 11.6 Å². The lowest BCUT2D eigenvalue weighted by atomic mass is 9.97. The number of hydrogen-bond donors (Lipinski definition) is 1. The molecule has 4 rings (SSSR count). The fraction of sp³-hybridized carbons (Fsp3) is 0.200. The molecule has 27 heavy (non-hydrogen) atoms. The molecule has 0 amide bonds. The Morgan fingerprint density at radius 2 is 1.93 bits per heavy atom. The van der Waals surface area contributed by atoms with E-state index in [4.69, 9.17) is 11.6 Å². The van der Waals surface area contributed by atoms with E-state index < -0.39 is 0 Å². The van der Waals surface area contributed by atoms with E-state index in [1.807, 2.05) is 6.20 Å². The third-order valence-electron chi connectivity index (χ3n) is 4.44. The third-order valence-corrected chi connectivity index (χ3v) is 4.89. The van der Waals surface area contributed by atoms with Crippen molar-refractivity contribution in [2.24, 2.45) is 7.05 Å². The maximum absolute atomic E-state index is 6.26. The maximum Gasteiger partial charge on any atom is 0.166 e. The smallest absolute Gasteiger partial charge is 0.166 e. The van der Waals surface area contributed by atoms with Gasteiger partial charge in [0.05, 0.1) is 11.8 Å². The van der Waals surface area contributed by atoms with Crippen LogP contribution in [0.15, 0.2) is 48.9 Å². The van der Waals surface area contributed by atoms with E-state index in [1.165, 1.54) is 10.9 Å². The second-order valence-electron chi connectivity index (χ2n) is 6.66. The first-order valence-electron chi connectivity index (χ1n) is 8.69. The van der Waals surface area contributed by atoms with Gasteiger partial charge in [-0.2, -0.15) is 5.10 Å². The molecule has 3 heterocycles. The predicted molar refractivity (Wildman–Crippen MR) is 108 cm³/mol. The highest BCUT2D eigenvalue weighted by atomic mass is 35.5. The van der Waals surface area contributed by atoms with Gasteiger partial charge in [0.15, 0.2) is 5.82 Å². The van der Waals surface area contributed by atoms with E-state index in [0.717, 1.165) is 11.2 Å². The molecule has 0 saturated heterocycles. The number of aryl methyl sites for hydroxylation is 1. The average Bonchev–Trinajstić information content (AvgIpc) is 3.00. The Balaban J connectivity index is 1.69. The molecule has 0 atom stereocenters. The number of halogens is 1. The third kappa shape index (κ3) is 3.36. The molecule has 3 aromatic heterocycles. The van der Waals surface area contributed by atoms with Gasteiger partial charge in [0.2, 0.25) is 0 Å². The van der Waals surface area contributed by atoms with Crippen molar-refractivity contribution in [3.63, 3.8) is 0 Å². The number of hydrogen-bond acceptors (Lipinski definition) is 5. The van der Waals surface area contributed by atoms with Crippen LogP contribution in [0.25, 0.3) is 22.2 Å². The van der Waals surface area contributed by atoms with Crippen LogP contribution in [0, 0.1) is 0 Å². The van der Waals surface area contributed by atoms with E-state index in [1.54, 1.807) is 30.2 Å². The van der Waals surface area contributed by atoms with Gasteiger partial charge in [0.1, 0.15) is 16.8 Å². The lowest BCUT2D eigenvalue weighted by Gasteiger charge is -2.12. The van der Waals surface area contributed by atoms with Crippen LogP contribution in [-0.2, 0) is 7.05 Å².